The first kappa shape index (κ1) is 12.1. The first-order chi connectivity index (χ1) is 8.01. The van der Waals surface area contributed by atoms with E-state index < -0.39 is 9.84 Å². The fraction of sp³-hybridized carbons (Fsp3) is 0.182. The lowest BCUT2D eigenvalue weighted by atomic mass is 10.3. The maximum atomic E-state index is 11.7. The smallest absolute Gasteiger partial charge is 0.220 e. The van der Waals surface area contributed by atoms with Crippen LogP contribution in [-0.4, -0.2) is 20.1 Å². The van der Waals surface area contributed by atoms with Gasteiger partial charge in [-0.05, 0) is 19.1 Å². The molecule has 4 nitrogen and oxygen atoms in total. The summed E-state index contributed by atoms with van der Waals surface area (Å²) in [5, 5.41) is 0.538. The molecule has 1 aromatic carbocycles. The van der Waals surface area contributed by atoms with Gasteiger partial charge in [0.25, 0.3) is 0 Å². The Morgan fingerprint density at radius 3 is 2.65 bits per heavy atom. The van der Waals surface area contributed by atoms with Gasteiger partial charge in [0, 0.05) is 6.20 Å². The molecule has 0 spiro atoms. The van der Waals surface area contributed by atoms with Crippen molar-refractivity contribution in [3.8, 4) is 5.75 Å². The minimum Gasteiger partial charge on any atom is -0.487 e. The Labute approximate surface area is 104 Å². The average Bonchev–Trinajstić information content (AvgIpc) is 2.54. The van der Waals surface area contributed by atoms with Crippen molar-refractivity contribution in [2.75, 3.05) is 6.61 Å². The fourth-order valence-corrected chi connectivity index (χ4v) is 2.48. The Balaban J connectivity index is 2.10. The van der Waals surface area contributed by atoms with Crippen LogP contribution in [0.4, 0.5) is 0 Å². The van der Waals surface area contributed by atoms with E-state index in [-0.39, 0.29) is 16.6 Å². The van der Waals surface area contributed by atoms with Crippen LogP contribution in [0.1, 0.15) is 6.92 Å². The molecule has 0 saturated heterocycles. The quantitative estimate of drug-likeness (QED) is 0.848. The lowest BCUT2D eigenvalue weighted by molar-refractivity contribution is 0.358. The molecule has 1 aliphatic heterocycles. The molecule has 0 aromatic heterocycles. The topological polar surface area (TPSA) is 55.7 Å². The molecule has 1 aliphatic rings. The van der Waals surface area contributed by atoms with Crippen LogP contribution in [0.25, 0.3) is 0 Å². The highest BCUT2D eigenvalue weighted by Crippen LogP contribution is 2.25. The van der Waals surface area contributed by atoms with Crippen molar-refractivity contribution < 1.29 is 13.2 Å². The number of para-hydroxylation sites is 1. The summed E-state index contributed by atoms with van der Waals surface area (Å²) in [5.41, 5.74) is 0. The predicted octanol–water partition coefficient (Wildman–Crippen LogP) is 2.41. The van der Waals surface area contributed by atoms with Crippen LogP contribution in [0.3, 0.4) is 0 Å². The third-order valence-corrected chi connectivity index (χ3v) is 4.44. The molecule has 0 fully saturated rings. The number of aliphatic imine (C=N–C) groups is 1. The molecule has 0 saturated carbocycles. The minimum absolute atomic E-state index is 0.0626. The molecule has 0 radical (unpaired) electrons. The summed E-state index contributed by atoms with van der Waals surface area (Å²) in [5.74, 6) is 0.454. The molecule has 0 atom stereocenters. The second kappa shape index (κ2) is 4.50. The summed E-state index contributed by atoms with van der Waals surface area (Å²) in [6, 6.07) is 6.89. The van der Waals surface area contributed by atoms with E-state index in [1.165, 1.54) is 13.1 Å². The molecular formula is C11H10ClNO3S. The monoisotopic (exact) mass is 271 g/mol. The van der Waals surface area contributed by atoms with Gasteiger partial charge < -0.3 is 4.74 Å². The van der Waals surface area contributed by atoms with E-state index in [0.29, 0.717) is 10.8 Å². The minimum atomic E-state index is -3.41. The first-order valence-electron chi connectivity index (χ1n) is 4.87. The van der Waals surface area contributed by atoms with Crippen LogP contribution in [0.2, 0.25) is 5.02 Å². The summed E-state index contributed by atoms with van der Waals surface area (Å²) >= 11 is 5.89. The summed E-state index contributed by atoms with van der Waals surface area (Å²) < 4.78 is 28.7. The third kappa shape index (κ3) is 2.35. The SMILES string of the molecule is CC1=NC=C(COc2ccccc2Cl)S1(=O)=O. The number of halogens is 1. The van der Waals surface area contributed by atoms with E-state index in [0.717, 1.165) is 0 Å². The second-order valence-corrected chi connectivity index (χ2v) is 6.00. The van der Waals surface area contributed by atoms with Gasteiger partial charge in [0.05, 0.1) is 5.02 Å². The number of benzene rings is 1. The van der Waals surface area contributed by atoms with Gasteiger partial charge in [0.2, 0.25) is 9.84 Å². The predicted molar refractivity (Wildman–Crippen MR) is 67.1 cm³/mol. The zero-order valence-electron chi connectivity index (χ0n) is 9.05. The van der Waals surface area contributed by atoms with Crippen LogP contribution in [0, 0.1) is 0 Å². The van der Waals surface area contributed by atoms with Crippen molar-refractivity contribution in [1.82, 2.24) is 0 Å². The molecule has 1 heterocycles. The van der Waals surface area contributed by atoms with Crippen LogP contribution < -0.4 is 4.74 Å². The molecular weight excluding hydrogens is 262 g/mol. The van der Waals surface area contributed by atoms with E-state index in [4.69, 9.17) is 16.3 Å². The van der Waals surface area contributed by atoms with Crippen molar-refractivity contribution >= 4 is 26.5 Å². The fourth-order valence-electron chi connectivity index (χ4n) is 1.32. The Bertz CT molecular complexity index is 605. The number of nitrogens with zero attached hydrogens (tertiary/aromatic N) is 1. The number of hydrogen-bond donors (Lipinski definition) is 0. The molecule has 17 heavy (non-hydrogen) atoms. The number of ether oxygens (including phenoxy) is 1. The Morgan fingerprint density at radius 2 is 2.06 bits per heavy atom. The highest BCUT2D eigenvalue weighted by molar-refractivity contribution is 8.09. The molecule has 90 valence electrons. The summed E-state index contributed by atoms with van der Waals surface area (Å²) in [7, 11) is -3.41. The molecule has 1 aromatic rings. The highest BCUT2D eigenvalue weighted by atomic mass is 35.5. The maximum absolute atomic E-state index is 11.7. The van der Waals surface area contributed by atoms with E-state index in [2.05, 4.69) is 4.99 Å². The molecule has 2 rings (SSSR count). The Hall–Kier alpha value is -1.33. The van der Waals surface area contributed by atoms with E-state index in [9.17, 15) is 8.42 Å². The largest absolute Gasteiger partial charge is 0.487 e. The van der Waals surface area contributed by atoms with Gasteiger partial charge in [-0.25, -0.2) is 13.4 Å². The van der Waals surface area contributed by atoms with Crippen LogP contribution in [0.15, 0.2) is 40.4 Å². The van der Waals surface area contributed by atoms with Gasteiger partial charge in [-0.3, -0.25) is 0 Å². The Morgan fingerprint density at radius 1 is 1.35 bits per heavy atom. The summed E-state index contributed by atoms with van der Waals surface area (Å²) in [6.45, 7) is 1.39. The van der Waals surface area contributed by atoms with E-state index >= 15 is 0 Å². The summed E-state index contributed by atoms with van der Waals surface area (Å²) in [6.07, 6.45) is 1.31. The summed E-state index contributed by atoms with van der Waals surface area (Å²) in [4.78, 5) is 3.91. The van der Waals surface area contributed by atoms with Gasteiger partial charge >= 0.3 is 0 Å². The van der Waals surface area contributed by atoms with Crippen molar-refractivity contribution in [2.24, 2.45) is 4.99 Å². The first-order valence-corrected chi connectivity index (χ1v) is 6.74. The van der Waals surface area contributed by atoms with Gasteiger partial charge in [-0.15, -0.1) is 0 Å². The number of sulfone groups is 1. The van der Waals surface area contributed by atoms with Crippen LogP contribution in [0.5, 0.6) is 5.75 Å². The number of rotatable bonds is 3. The standard InChI is InChI=1S/C11H10ClNO3S/c1-8-13-6-9(17(8,14)15)7-16-11-5-3-2-4-10(11)12/h2-6H,7H2,1H3. The molecule has 6 heteroatoms. The molecule has 0 unspecified atom stereocenters. The van der Waals surface area contributed by atoms with E-state index in [1.807, 2.05) is 0 Å². The van der Waals surface area contributed by atoms with Gasteiger partial charge in [-0.1, -0.05) is 23.7 Å². The second-order valence-electron chi connectivity index (χ2n) is 3.47. The van der Waals surface area contributed by atoms with Crippen molar-refractivity contribution in [1.29, 1.82) is 0 Å². The van der Waals surface area contributed by atoms with Gasteiger partial charge in [-0.2, -0.15) is 0 Å². The van der Waals surface area contributed by atoms with Crippen molar-refractivity contribution in [3.63, 3.8) is 0 Å². The van der Waals surface area contributed by atoms with Gasteiger partial charge in [0.1, 0.15) is 22.3 Å². The maximum Gasteiger partial charge on any atom is 0.220 e. The highest BCUT2D eigenvalue weighted by Gasteiger charge is 2.26. The lowest BCUT2D eigenvalue weighted by Crippen LogP contribution is -2.14. The average molecular weight is 272 g/mol. The normalized spacial score (nSPS) is 17.5. The van der Waals surface area contributed by atoms with Crippen molar-refractivity contribution in [2.45, 2.75) is 6.92 Å². The molecule has 0 amide bonds. The van der Waals surface area contributed by atoms with Gasteiger partial charge in [0.15, 0.2) is 0 Å². The Kier molecular flexibility index (Phi) is 3.22. The molecule has 0 bridgehead atoms. The third-order valence-electron chi connectivity index (χ3n) is 2.33. The zero-order valence-corrected chi connectivity index (χ0v) is 10.6. The molecule has 0 N–H and O–H groups in total. The van der Waals surface area contributed by atoms with Crippen LogP contribution in [-0.2, 0) is 9.84 Å². The molecule has 0 aliphatic carbocycles. The van der Waals surface area contributed by atoms with Crippen molar-refractivity contribution in [3.05, 3.63) is 40.4 Å². The van der Waals surface area contributed by atoms with Crippen LogP contribution >= 0.6 is 11.6 Å². The van der Waals surface area contributed by atoms with E-state index in [1.54, 1.807) is 24.3 Å². The lowest BCUT2D eigenvalue weighted by Gasteiger charge is -2.08. The number of hydrogen-bond acceptors (Lipinski definition) is 4. The zero-order chi connectivity index (χ0) is 12.5.